The molecule has 0 aliphatic carbocycles. The summed E-state index contributed by atoms with van der Waals surface area (Å²) in [7, 11) is 0. The van der Waals surface area contributed by atoms with Gasteiger partial charge in [-0.25, -0.2) is 4.98 Å². The normalized spacial score (nSPS) is 12.8. The number of hydrogen-bond donors (Lipinski definition) is 1. The molecule has 16 heavy (non-hydrogen) atoms. The molecule has 3 heteroatoms. The fourth-order valence-electron chi connectivity index (χ4n) is 1.76. The van der Waals surface area contributed by atoms with Crippen molar-refractivity contribution in [3.8, 4) is 0 Å². The fraction of sp³-hybridized carbons (Fsp3) is 0.308. The van der Waals surface area contributed by atoms with E-state index < -0.39 is 0 Å². The maximum absolute atomic E-state index is 4.26. The summed E-state index contributed by atoms with van der Waals surface area (Å²) in [5.74, 6) is 0. The van der Waals surface area contributed by atoms with Crippen LogP contribution < -0.4 is 5.32 Å². The van der Waals surface area contributed by atoms with Crippen molar-refractivity contribution in [3.63, 3.8) is 0 Å². The van der Waals surface area contributed by atoms with E-state index in [1.807, 2.05) is 30.6 Å². The van der Waals surface area contributed by atoms with Gasteiger partial charge in [0.1, 0.15) is 5.65 Å². The highest BCUT2D eigenvalue weighted by molar-refractivity contribution is 5.39. The second-order valence-electron chi connectivity index (χ2n) is 3.98. The Morgan fingerprint density at radius 2 is 2.44 bits per heavy atom. The van der Waals surface area contributed by atoms with Gasteiger partial charge in [0.2, 0.25) is 0 Å². The minimum Gasteiger partial charge on any atom is -0.308 e. The van der Waals surface area contributed by atoms with Crippen LogP contribution in [0.3, 0.4) is 0 Å². The summed E-state index contributed by atoms with van der Waals surface area (Å²) in [5, 5.41) is 3.46. The molecular weight excluding hydrogens is 198 g/mol. The van der Waals surface area contributed by atoms with Gasteiger partial charge < -0.3 is 9.72 Å². The van der Waals surface area contributed by atoms with Gasteiger partial charge in [-0.15, -0.1) is 6.58 Å². The lowest BCUT2D eigenvalue weighted by atomic mass is 10.2. The number of imidazole rings is 1. The van der Waals surface area contributed by atoms with Crippen LogP contribution in [0.25, 0.3) is 5.65 Å². The standard InChI is InChI=1S/C13H17N3/c1-3-5-11(2)15-10-12-6-4-7-13-14-8-9-16(12)13/h3-4,6-9,11,15H,1,5,10H2,2H3. The highest BCUT2D eigenvalue weighted by atomic mass is 15.0. The molecule has 84 valence electrons. The zero-order valence-electron chi connectivity index (χ0n) is 9.56. The molecule has 0 aromatic carbocycles. The Morgan fingerprint density at radius 3 is 3.25 bits per heavy atom. The van der Waals surface area contributed by atoms with Gasteiger partial charge in [0, 0.05) is 30.7 Å². The minimum atomic E-state index is 0.455. The van der Waals surface area contributed by atoms with Gasteiger partial charge in [-0.2, -0.15) is 0 Å². The van der Waals surface area contributed by atoms with Crippen LogP contribution in [-0.4, -0.2) is 15.4 Å². The third-order valence-electron chi connectivity index (χ3n) is 2.66. The van der Waals surface area contributed by atoms with Crippen molar-refractivity contribution in [2.45, 2.75) is 25.9 Å². The van der Waals surface area contributed by atoms with E-state index in [1.54, 1.807) is 0 Å². The van der Waals surface area contributed by atoms with Crippen LogP contribution in [0.5, 0.6) is 0 Å². The molecule has 0 aliphatic heterocycles. The minimum absolute atomic E-state index is 0.455. The van der Waals surface area contributed by atoms with Crippen molar-refractivity contribution in [1.82, 2.24) is 14.7 Å². The Kier molecular flexibility index (Phi) is 3.37. The van der Waals surface area contributed by atoms with Crippen LogP contribution >= 0.6 is 0 Å². The lowest BCUT2D eigenvalue weighted by Gasteiger charge is -2.12. The Bertz CT molecular complexity index is 473. The average molecular weight is 215 g/mol. The molecule has 2 aromatic rings. The van der Waals surface area contributed by atoms with Gasteiger partial charge in [-0.1, -0.05) is 12.1 Å². The van der Waals surface area contributed by atoms with E-state index >= 15 is 0 Å². The molecule has 0 spiro atoms. The third-order valence-corrected chi connectivity index (χ3v) is 2.66. The van der Waals surface area contributed by atoms with Gasteiger partial charge in [-0.05, 0) is 25.5 Å². The van der Waals surface area contributed by atoms with Crippen molar-refractivity contribution in [2.24, 2.45) is 0 Å². The Balaban J connectivity index is 2.09. The van der Waals surface area contributed by atoms with Crippen molar-refractivity contribution in [3.05, 3.63) is 48.9 Å². The summed E-state index contributed by atoms with van der Waals surface area (Å²) in [6, 6.07) is 6.62. The summed E-state index contributed by atoms with van der Waals surface area (Å²) in [6.07, 6.45) is 6.74. The molecule has 0 saturated heterocycles. The monoisotopic (exact) mass is 215 g/mol. The molecule has 1 atom stereocenters. The molecular formula is C13H17N3. The van der Waals surface area contributed by atoms with Crippen molar-refractivity contribution in [1.29, 1.82) is 0 Å². The van der Waals surface area contributed by atoms with Crippen LogP contribution in [0, 0.1) is 0 Å². The van der Waals surface area contributed by atoms with Gasteiger partial charge in [-0.3, -0.25) is 0 Å². The average Bonchev–Trinajstić information content (AvgIpc) is 2.75. The zero-order valence-corrected chi connectivity index (χ0v) is 9.56. The highest BCUT2D eigenvalue weighted by Crippen LogP contribution is 2.06. The Hall–Kier alpha value is -1.61. The number of hydrogen-bond acceptors (Lipinski definition) is 2. The first-order valence-corrected chi connectivity index (χ1v) is 5.56. The van der Waals surface area contributed by atoms with E-state index in [9.17, 15) is 0 Å². The topological polar surface area (TPSA) is 29.3 Å². The molecule has 0 saturated carbocycles. The lowest BCUT2D eigenvalue weighted by Crippen LogP contribution is -2.25. The first-order chi connectivity index (χ1) is 7.81. The number of rotatable bonds is 5. The lowest BCUT2D eigenvalue weighted by molar-refractivity contribution is 0.545. The van der Waals surface area contributed by atoms with E-state index in [2.05, 4.69) is 34.3 Å². The fourth-order valence-corrected chi connectivity index (χ4v) is 1.76. The predicted molar refractivity (Wildman–Crippen MR) is 66.3 cm³/mol. The van der Waals surface area contributed by atoms with Crippen LogP contribution in [0.2, 0.25) is 0 Å². The van der Waals surface area contributed by atoms with E-state index in [-0.39, 0.29) is 0 Å². The summed E-state index contributed by atoms with van der Waals surface area (Å²) in [5.41, 5.74) is 2.22. The molecule has 0 radical (unpaired) electrons. The van der Waals surface area contributed by atoms with Crippen LogP contribution in [0.4, 0.5) is 0 Å². The second-order valence-corrected chi connectivity index (χ2v) is 3.98. The summed E-state index contributed by atoms with van der Waals surface area (Å²) in [6.45, 7) is 6.75. The van der Waals surface area contributed by atoms with Crippen LogP contribution in [-0.2, 0) is 6.54 Å². The van der Waals surface area contributed by atoms with E-state index in [1.165, 1.54) is 5.69 Å². The summed E-state index contributed by atoms with van der Waals surface area (Å²) < 4.78 is 2.10. The summed E-state index contributed by atoms with van der Waals surface area (Å²) in [4.78, 5) is 4.26. The molecule has 2 rings (SSSR count). The molecule has 1 unspecified atom stereocenters. The SMILES string of the molecule is C=CCC(C)NCc1cccc2nccn12. The quantitative estimate of drug-likeness (QED) is 0.776. The van der Waals surface area contributed by atoms with Crippen molar-refractivity contribution >= 4 is 5.65 Å². The van der Waals surface area contributed by atoms with Gasteiger partial charge in [0.25, 0.3) is 0 Å². The molecule has 1 N–H and O–H groups in total. The van der Waals surface area contributed by atoms with Crippen LogP contribution in [0.1, 0.15) is 19.0 Å². The van der Waals surface area contributed by atoms with Gasteiger partial charge >= 0.3 is 0 Å². The maximum atomic E-state index is 4.26. The molecule has 2 heterocycles. The number of nitrogens with one attached hydrogen (secondary N) is 1. The largest absolute Gasteiger partial charge is 0.308 e. The Morgan fingerprint density at radius 1 is 1.56 bits per heavy atom. The van der Waals surface area contributed by atoms with E-state index in [0.717, 1.165) is 18.6 Å². The van der Waals surface area contributed by atoms with E-state index in [4.69, 9.17) is 0 Å². The molecule has 3 nitrogen and oxygen atoms in total. The van der Waals surface area contributed by atoms with E-state index in [0.29, 0.717) is 6.04 Å². The molecule has 0 amide bonds. The first-order valence-electron chi connectivity index (χ1n) is 5.56. The Labute approximate surface area is 95.8 Å². The predicted octanol–water partition coefficient (Wildman–Crippen LogP) is 2.39. The van der Waals surface area contributed by atoms with Crippen molar-refractivity contribution in [2.75, 3.05) is 0 Å². The van der Waals surface area contributed by atoms with Crippen molar-refractivity contribution < 1.29 is 0 Å². The summed E-state index contributed by atoms with van der Waals surface area (Å²) >= 11 is 0. The second kappa shape index (κ2) is 4.94. The molecule has 0 fully saturated rings. The zero-order chi connectivity index (χ0) is 11.4. The third kappa shape index (κ3) is 2.31. The van der Waals surface area contributed by atoms with Crippen LogP contribution in [0.15, 0.2) is 43.2 Å². The smallest absolute Gasteiger partial charge is 0.136 e. The number of aromatic nitrogens is 2. The number of fused-ring (bicyclic) bond motifs is 1. The first kappa shape index (κ1) is 10.9. The number of pyridine rings is 1. The molecule has 0 aliphatic rings. The molecule has 0 bridgehead atoms. The van der Waals surface area contributed by atoms with Gasteiger partial charge in [0.05, 0.1) is 0 Å². The van der Waals surface area contributed by atoms with Gasteiger partial charge in [0.15, 0.2) is 0 Å². The number of nitrogens with zero attached hydrogens (tertiary/aromatic N) is 2. The maximum Gasteiger partial charge on any atom is 0.136 e. The molecule has 2 aromatic heterocycles. The highest BCUT2D eigenvalue weighted by Gasteiger charge is 2.02.